The quantitative estimate of drug-likeness (QED) is 0.408. The van der Waals surface area contributed by atoms with Crippen LogP contribution in [0.4, 0.5) is 13.2 Å². The Morgan fingerprint density at radius 2 is 1.91 bits per heavy atom. The van der Waals surface area contributed by atoms with Crippen molar-refractivity contribution in [2.24, 2.45) is 11.8 Å². The minimum atomic E-state index is -4.64. The summed E-state index contributed by atoms with van der Waals surface area (Å²) >= 11 is 6.27. The molecular weight excluding hydrogens is 583 g/mol. The molecule has 10 nitrogen and oxygen atoms in total. The number of halogens is 4. The van der Waals surface area contributed by atoms with Crippen LogP contribution >= 0.6 is 11.6 Å². The van der Waals surface area contributed by atoms with E-state index < -0.39 is 11.9 Å². The molecule has 2 bridgehead atoms. The molecule has 232 valence electrons. The Bertz CT molecular complexity index is 1490. The molecule has 14 heteroatoms. The van der Waals surface area contributed by atoms with Gasteiger partial charge in [0.15, 0.2) is 5.69 Å². The summed E-state index contributed by atoms with van der Waals surface area (Å²) in [6.45, 7) is 5.02. The maximum absolute atomic E-state index is 13.8. The van der Waals surface area contributed by atoms with Crippen LogP contribution in [0.3, 0.4) is 0 Å². The first-order valence-electron chi connectivity index (χ1n) is 14.9. The van der Waals surface area contributed by atoms with E-state index in [-0.39, 0.29) is 23.3 Å². The first-order valence-corrected chi connectivity index (χ1v) is 15.3. The van der Waals surface area contributed by atoms with Crippen LogP contribution < -0.4 is 21.6 Å². The van der Waals surface area contributed by atoms with E-state index in [1.165, 1.54) is 12.1 Å². The second-order valence-corrected chi connectivity index (χ2v) is 12.6. The summed E-state index contributed by atoms with van der Waals surface area (Å²) < 4.78 is 42.4. The molecule has 0 saturated carbocycles. The Balaban J connectivity index is 1.33. The highest BCUT2D eigenvalue weighted by Gasteiger charge is 2.41. The Morgan fingerprint density at radius 1 is 1.07 bits per heavy atom. The highest BCUT2D eigenvalue weighted by atomic mass is 35.5. The Labute approximate surface area is 253 Å². The van der Waals surface area contributed by atoms with Crippen molar-refractivity contribution in [1.82, 2.24) is 45.6 Å². The van der Waals surface area contributed by atoms with Gasteiger partial charge in [-0.1, -0.05) is 30.2 Å². The second-order valence-electron chi connectivity index (χ2n) is 12.2. The van der Waals surface area contributed by atoms with Crippen LogP contribution in [0.1, 0.15) is 50.8 Å². The SMILES string of the molecule is C[C@@H]1CCC[C@H](n2cnc(-c3cc(Cl)ccc3-n3cc(C(F)(F)F)nn3)cc2=O)C2CC(CCN2)C2C(CNN2C)NC1. The summed E-state index contributed by atoms with van der Waals surface area (Å²) in [4.78, 5) is 18.4. The number of benzene rings is 1. The van der Waals surface area contributed by atoms with E-state index in [4.69, 9.17) is 11.6 Å². The van der Waals surface area contributed by atoms with E-state index in [9.17, 15) is 18.0 Å². The van der Waals surface area contributed by atoms with Crippen molar-refractivity contribution < 1.29 is 13.2 Å². The zero-order valence-corrected chi connectivity index (χ0v) is 24.9. The van der Waals surface area contributed by atoms with Gasteiger partial charge in [0.25, 0.3) is 5.56 Å². The van der Waals surface area contributed by atoms with E-state index in [0.717, 1.165) is 62.6 Å². The van der Waals surface area contributed by atoms with Gasteiger partial charge in [0.2, 0.25) is 0 Å². The Hall–Kier alpha value is -2.84. The average molecular weight is 620 g/mol. The maximum atomic E-state index is 13.8. The molecule has 3 saturated heterocycles. The first kappa shape index (κ1) is 30.2. The van der Waals surface area contributed by atoms with Gasteiger partial charge in [-0.25, -0.2) is 14.7 Å². The van der Waals surface area contributed by atoms with Crippen molar-refractivity contribution in [2.75, 3.05) is 26.7 Å². The van der Waals surface area contributed by atoms with Gasteiger partial charge in [0, 0.05) is 48.4 Å². The fourth-order valence-electron chi connectivity index (χ4n) is 7.06. The smallest absolute Gasteiger partial charge is 0.312 e. The topological polar surface area (TPSA) is 105 Å². The molecule has 3 fully saturated rings. The lowest BCUT2D eigenvalue weighted by atomic mass is 9.80. The monoisotopic (exact) mass is 619 g/mol. The summed E-state index contributed by atoms with van der Waals surface area (Å²) in [6, 6.07) is 6.85. The van der Waals surface area contributed by atoms with Crippen LogP contribution in [0.2, 0.25) is 5.02 Å². The third-order valence-electron chi connectivity index (χ3n) is 9.23. The van der Waals surface area contributed by atoms with Gasteiger partial charge in [0.1, 0.15) is 0 Å². The van der Waals surface area contributed by atoms with E-state index in [0.29, 0.717) is 40.2 Å². The summed E-state index contributed by atoms with van der Waals surface area (Å²) in [7, 11) is 2.12. The summed E-state index contributed by atoms with van der Waals surface area (Å²) in [5.74, 6) is 0.967. The normalized spacial score (nSPS) is 29.1. The number of fused-ring (bicyclic) bond motifs is 4. The van der Waals surface area contributed by atoms with Crippen LogP contribution in [0.15, 0.2) is 41.6 Å². The highest BCUT2D eigenvalue weighted by molar-refractivity contribution is 6.31. The zero-order chi connectivity index (χ0) is 30.3. The fraction of sp³-hybridized carbons (Fsp3) is 0.586. The largest absolute Gasteiger partial charge is 0.436 e. The molecule has 5 heterocycles. The fourth-order valence-corrected chi connectivity index (χ4v) is 7.23. The molecule has 0 aliphatic carbocycles. The number of piperidine rings is 1. The van der Waals surface area contributed by atoms with Crippen molar-refractivity contribution in [1.29, 1.82) is 0 Å². The predicted octanol–water partition coefficient (Wildman–Crippen LogP) is 3.67. The highest BCUT2D eigenvalue weighted by Crippen LogP contribution is 2.34. The molecule has 6 atom stereocenters. The molecule has 3 N–H and O–H groups in total. The molecule has 2 aromatic heterocycles. The number of aromatic nitrogens is 5. The van der Waals surface area contributed by atoms with Gasteiger partial charge >= 0.3 is 6.18 Å². The average Bonchev–Trinajstić information content (AvgIpc) is 3.61. The van der Waals surface area contributed by atoms with Crippen molar-refractivity contribution in [3.8, 4) is 16.9 Å². The number of hydrazine groups is 1. The summed E-state index contributed by atoms with van der Waals surface area (Å²) in [5.41, 5.74) is 3.14. The van der Waals surface area contributed by atoms with Gasteiger partial charge in [-0.15, -0.1) is 5.10 Å². The molecule has 6 rings (SSSR count). The van der Waals surface area contributed by atoms with Crippen LogP contribution in [0.5, 0.6) is 0 Å². The van der Waals surface area contributed by atoms with Gasteiger partial charge < -0.3 is 10.6 Å². The lowest BCUT2D eigenvalue weighted by molar-refractivity contribution is -0.141. The Kier molecular flexibility index (Phi) is 8.62. The molecule has 0 amide bonds. The number of rotatable bonds is 3. The van der Waals surface area contributed by atoms with Gasteiger partial charge in [-0.3, -0.25) is 14.8 Å². The van der Waals surface area contributed by atoms with Crippen molar-refractivity contribution in [3.05, 3.63) is 57.9 Å². The summed E-state index contributed by atoms with van der Waals surface area (Å²) in [5, 5.41) is 17.1. The molecule has 43 heavy (non-hydrogen) atoms. The molecule has 3 aliphatic rings. The van der Waals surface area contributed by atoms with Gasteiger partial charge in [-0.2, -0.15) is 13.2 Å². The molecule has 3 aromatic rings. The van der Waals surface area contributed by atoms with Crippen molar-refractivity contribution in [3.63, 3.8) is 0 Å². The van der Waals surface area contributed by atoms with E-state index in [2.05, 4.69) is 50.3 Å². The van der Waals surface area contributed by atoms with E-state index >= 15 is 0 Å². The molecule has 0 spiro atoms. The molecule has 3 aliphatic heterocycles. The Morgan fingerprint density at radius 3 is 2.67 bits per heavy atom. The third-order valence-corrected chi connectivity index (χ3v) is 9.46. The zero-order valence-electron chi connectivity index (χ0n) is 24.2. The second kappa shape index (κ2) is 12.3. The molecule has 0 radical (unpaired) electrons. The van der Waals surface area contributed by atoms with Gasteiger partial charge in [0.05, 0.1) is 29.9 Å². The molecular formula is C29H37ClF3N9O. The number of hydrogen-bond donors (Lipinski definition) is 3. The number of nitrogens with zero attached hydrogens (tertiary/aromatic N) is 6. The lowest BCUT2D eigenvalue weighted by Gasteiger charge is -2.42. The van der Waals surface area contributed by atoms with Crippen molar-refractivity contribution in [2.45, 2.75) is 69.4 Å². The number of alkyl halides is 3. The summed E-state index contributed by atoms with van der Waals surface area (Å²) in [6.07, 6.45) is 2.60. The number of nitrogens with one attached hydrogen (secondary N) is 3. The minimum Gasteiger partial charge on any atom is -0.312 e. The van der Waals surface area contributed by atoms with Crippen LogP contribution in [0, 0.1) is 11.8 Å². The lowest BCUT2D eigenvalue weighted by Crippen LogP contribution is -2.54. The maximum Gasteiger partial charge on any atom is 0.436 e. The van der Waals surface area contributed by atoms with Crippen LogP contribution in [0.25, 0.3) is 16.9 Å². The van der Waals surface area contributed by atoms with E-state index in [1.807, 2.05) is 0 Å². The number of likely N-dealkylation sites (N-methyl/N-ethyl adjacent to an activating group) is 1. The third kappa shape index (κ3) is 6.37. The van der Waals surface area contributed by atoms with Gasteiger partial charge in [-0.05, 0) is 68.8 Å². The molecule has 4 unspecified atom stereocenters. The standard InChI is InChI=1S/C29H37ClF3N9O/c1-17-4-3-5-25(22-10-18(8-9-34-22)28-23(35-13-17)14-37-40(28)2)41-16-36-21(12-27(41)43)20-11-19(30)6-7-24(20)42-15-26(38-39-42)29(31,32)33/h6-7,11-12,15-18,22-23,25,28,34-35,37H,3-5,8-10,13-14H2,1-2H3/t17-,18?,22?,23?,25+,28?/m1/s1. The van der Waals surface area contributed by atoms with E-state index in [1.54, 1.807) is 23.0 Å². The number of hydrogen-bond acceptors (Lipinski definition) is 8. The van der Waals surface area contributed by atoms with Crippen LogP contribution in [-0.4, -0.2) is 74.4 Å². The minimum absolute atomic E-state index is 0.0851. The van der Waals surface area contributed by atoms with Crippen LogP contribution in [-0.2, 0) is 6.18 Å². The first-order chi connectivity index (χ1) is 20.6. The van der Waals surface area contributed by atoms with Crippen molar-refractivity contribution >= 4 is 11.6 Å². The molecule has 1 aromatic carbocycles. The predicted molar refractivity (Wildman–Crippen MR) is 157 cm³/mol.